The fraction of sp³-hybridized carbons (Fsp3) is 0.444. The van der Waals surface area contributed by atoms with Crippen molar-refractivity contribution in [1.29, 1.82) is 0 Å². The Hall–Kier alpha value is -2.58. The van der Waals surface area contributed by atoms with E-state index < -0.39 is 0 Å². The van der Waals surface area contributed by atoms with Gasteiger partial charge in [-0.15, -0.1) is 10.2 Å². The highest BCUT2D eigenvalue weighted by Gasteiger charge is 2.13. The topological polar surface area (TPSA) is 92.3 Å². The summed E-state index contributed by atoms with van der Waals surface area (Å²) in [5, 5.41) is 13.8. The zero-order valence-electron chi connectivity index (χ0n) is 15.2. The number of morpholine rings is 1. The van der Waals surface area contributed by atoms with Crippen molar-refractivity contribution in [3.05, 3.63) is 41.2 Å². The average molecular weight is 356 g/mol. The first-order valence-electron chi connectivity index (χ1n) is 8.80. The van der Waals surface area contributed by atoms with Gasteiger partial charge in [0.2, 0.25) is 0 Å². The number of nitrogens with one attached hydrogen (secondary N) is 2. The first kappa shape index (κ1) is 18.2. The number of anilines is 2. The van der Waals surface area contributed by atoms with Gasteiger partial charge in [0, 0.05) is 32.9 Å². The normalized spacial score (nSPS) is 14.8. The molecule has 0 atom stereocenters. The molecule has 8 heteroatoms. The van der Waals surface area contributed by atoms with Crippen LogP contribution < -0.4 is 10.6 Å². The molecule has 1 aliphatic rings. The van der Waals surface area contributed by atoms with Gasteiger partial charge in [0.25, 0.3) is 5.91 Å². The molecule has 1 saturated heterocycles. The number of carbonyl (C=O) groups is 1. The van der Waals surface area contributed by atoms with Gasteiger partial charge in [-0.1, -0.05) is 13.0 Å². The van der Waals surface area contributed by atoms with Gasteiger partial charge in [0.15, 0.2) is 11.5 Å². The minimum Gasteiger partial charge on any atom is -0.379 e. The van der Waals surface area contributed by atoms with Crippen molar-refractivity contribution in [2.24, 2.45) is 0 Å². The molecule has 0 spiro atoms. The lowest BCUT2D eigenvalue weighted by Crippen LogP contribution is -2.35. The number of ether oxygens (including phenoxy) is 1. The minimum atomic E-state index is -0.230. The standard InChI is InChI=1S/C18H24N6O2/c1-3-14-10-16(22-23-17(14)18(25)19-2)21-15-5-4-13(11-20-15)12-24-6-8-26-9-7-24/h4-5,10-11H,3,6-9,12H2,1-2H3,(H,19,25)(H,20,21,22). The smallest absolute Gasteiger partial charge is 0.271 e. The molecule has 26 heavy (non-hydrogen) atoms. The van der Waals surface area contributed by atoms with Gasteiger partial charge >= 0.3 is 0 Å². The van der Waals surface area contributed by atoms with E-state index in [1.807, 2.05) is 25.3 Å². The SMILES string of the molecule is CCc1cc(Nc2ccc(CN3CCOCC3)cn2)nnc1C(=O)NC. The van der Waals surface area contributed by atoms with Crippen molar-refractivity contribution in [3.63, 3.8) is 0 Å². The first-order valence-corrected chi connectivity index (χ1v) is 8.80. The summed E-state index contributed by atoms with van der Waals surface area (Å²) in [5.74, 6) is 1.04. The number of nitrogens with zero attached hydrogens (tertiary/aromatic N) is 4. The van der Waals surface area contributed by atoms with Gasteiger partial charge in [-0.25, -0.2) is 4.98 Å². The third-order valence-electron chi connectivity index (χ3n) is 4.29. The maximum atomic E-state index is 11.8. The predicted molar refractivity (Wildman–Crippen MR) is 98.4 cm³/mol. The molecule has 1 amide bonds. The number of carbonyl (C=O) groups excluding carboxylic acids is 1. The number of amides is 1. The van der Waals surface area contributed by atoms with Crippen molar-refractivity contribution in [1.82, 2.24) is 25.4 Å². The second-order valence-electron chi connectivity index (χ2n) is 6.10. The second-order valence-corrected chi connectivity index (χ2v) is 6.10. The third-order valence-corrected chi connectivity index (χ3v) is 4.29. The Morgan fingerprint density at radius 3 is 2.69 bits per heavy atom. The van der Waals surface area contributed by atoms with E-state index in [1.165, 1.54) is 0 Å². The van der Waals surface area contributed by atoms with E-state index in [0.717, 1.165) is 44.0 Å². The summed E-state index contributed by atoms with van der Waals surface area (Å²) >= 11 is 0. The molecule has 0 aromatic carbocycles. The number of aryl methyl sites for hydroxylation is 1. The zero-order chi connectivity index (χ0) is 18.4. The lowest BCUT2D eigenvalue weighted by atomic mass is 10.1. The average Bonchev–Trinajstić information content (AvgIpc) is 2.69. The van der Waals surface area contributed by atoms with Crippen LogP contribution in [0.2, 0.25) is 0 Å². The highest BCUT2D eigenvalue weighted by Crippen LogP contribution is 2.16. The summed E-state index contributed by atoms with van der Waals surface area (Å²) in [6.07, 6.45) is 2.56. The van der Waals surface area contributed by atoms with Crippen LogP contribution in [-0.2, 0) is 17.7 Å². The number of rotatable bonds is 6. The molecule has 1 fully saturated rings. The van der Waals surface area contributed by atoms with Crippen LogP contribution in [0.4, 0.5) is 11.6 Å². The predicted octanol–water partition coefficient (Wildman–Crippen LogP) is 1.37. The first-order chi connectivity index (χ1) is 12.7. The van der Waals surface area contributed by atoms with Crippen molar-refractivity contribution < 1.29 is 9.53 Å². The molecule has 0 aliphatic carbocycles. The molecule has 0 unspecified atom stereocenters. The van der Waals surface area contributed by atoms with E-state index in [4.69, 9.17) is 4.74 Å². The van der Waals surface area contributed by atoms with Crippen LogP contribution in [0.15, 0.2) is 24.4 Å². The summed E-state index contributed by atoms with van der Waals surface area (Å²) in [4.78, 5) is 18.6. The summed E-state index contributed by atoms with van der Waals surface area (Å²) in [5.41, 5.74) is 2.35. The Kier molecular flexibility index (Phi) is 6.08. The Balaban J connectivity index is 1.66. The van der Waals surface area contributed by atoms with E-state index in [-0.39, 0.29) is 5.91 Å². The van der Waals surface area contributed by atoms with Crippen LogP contribution in [-0.4, -0.2) is 59.3 Å². The molecule has 2 N–H and O–H groups in total. The molecule has 0 bridgehead atoms. The second kappa shape index (κ2) is 8.68. The quantitative estimate of drug-likeness (QED) is 0.807. The van der Waals surface area contributed by atoms with E-state index in [0.29, 0.717) is 23.8 Å². The molecule has 0 saturated carbocycles. The fourth-order valence-electron chi connectivity index (χ4n) is 2.81. The molecule has 0 radical (unpaired) electrons. The molecule has 8 nitrogen and oxygen atoms in total. The number of pyridine rings is 1. The van der Waals surface area contributed by atoms with Crippen LogP contribution in [0.5, 0.6) is 0 Å². The number of hydrogen-bond donors (Lipinski definition) is 2. The van der Waals surface area contributed by atoms with Gasteiger partial charge in [0.1, 0.15) is 5.82 Å². The molecule has 2 aromatic rings. The van der Waals surface area contributed by atoms with E-state index in [2.05, 4.69) is 36.8 Å². The Morgan fingerprint density at radius 2 is 2.04 bits per heavy atom. The Bertz CT molecular complexity index is 744. The van der Waals surface area contributed by atoms with Crippen LogP contribution >= 0.6 is 0 Å². The minimum absolute atomic E-state index is 0.230. The molecule has 2 aromatic heterocycles. The number of hydrogen-bond acceptors (Lipinski definition) is 7. The number of aromatic nitrogens is 3. The molecule has 3 heterocycles. The van der Waals surface area contributed by atoms with Crippen molar-refractivity contribution in [2.75, 3.05) is 38.7 Å². The van der Waals surface area contributed by atoms with Gasteiger partial charge in [-0.2, -0.15) is 0 Å². The van der Waals surface area contributed by atoms with Crippen molar-refractivity contribution >= 4 is 17.5 Å². The molecule has 138 valence electrons. The lowest BCUT2D eigenvalue weighted by Gasteiger charge is -2.26. The highest BCUT2D eigenvalue weighted by atomic mass is 16.5. The van der Waals surface area contributed by atoms with Crippen LogP contribution in [0, 0.1) is 0 Å². The van der Waals surface area contributed by atoms with Crippen LogP contribution in [0.3, 0.4) is 0 Å². The van der Waals surface area contributed by atoms with E-state index in [1.54, 1.807) is 7.05 Å². The summed E-state index contributed by atoms with van der Waals surface area (Å²) in [7, 11) is 1.58. The lowest BCUT2D eigenvalue weighted by molar-refractivity contribution is 0.0341. The summed E-state index contributed by atoms with van der Waals surface area (Å²) in [6.45, 7) is 6.33. The third kappa shape index (κ3) is 4.53. The monoisotopic (exact) mass is 356 g/mol. The molecular formula is C18H24N6O2. The van der Waals surface area contributed by atoms with Gasteiger partial charge in [-0.05, 0) is 29.7 Å². The Labute approximate surface area is 153 Å². The molecule has 1 aliphatic heterocycles. The Morgan fingerprint density at radius 1 is 1.23 bits per heavy atom. The van der Waals surface area contributed by atoms with Crippen LogP contribution in [0.1, 0.15) is 28.5 Å². The molecular weight excluding hydrogens is 332 g/mol. The van der Waals surface area contributed by atoms with E-state index >= 15 is 0 Å². The summed E-state index contributed by atoms with van der Waals surface area (Å²) < 4.78 is 5.37. The highest BCUT2D eigenvalue weighted by molar-refractivity contribution is 5.93. The summed E-state index contributed by atoms with van der Waals surface area (Å²) in [6, 6.07) is 5.81. The van der Waals surface area contributed by atoms with Gasteiger partial charge in [0.05, 0.1) is 13.2 Å². The maximum absolute atomic E-state index is 11.8. The maximum Gasteiger partial charge on any atom is 0.271 e. The van der Waals surface area contributed by atoms with Crippen molar-refractivity contribution in [2.45, 2.75) is 19.9 Å². The van der Waals surface area contributed by atoms with Gasteiger partial charge in [-0.3, -0.25) is 9.69 Å². The van der Waals surface area contributed by atoms with Gasteiger partial charge < -0.3 is 15.4 Å². The van der Waals surface area contributed by atoms with Crippen LogP contribution in [0.25, 0.3) is 0 Å². The fourth-order valence-corrected chi connectivity index (χ4v) is 2.81. The molecule has 3 rings (SSSR count). The van der Waals surface area contributed by atoms with Crippen molar-refractivity contribution in [3.8, 4) is 0 Å². The largest absolute Gasteiger partial charge is 0.379 e. The zero-order valence-corrected chi connectivity index (χ0v) is 15.2. The van der Waals surface area contributed by atoms with E-state index in [9.17, 15) is 4.79 Å².